The minimum absolute atomic E-state index is 0.0705. The van der Waals surface area contributed by atoms with Crippen LogP contribution in [0.15, 0.2) is 41.9 Å². The lowest BCUT2D eigenvalue weighted by molar-refractivity contribution is -0.140. The summed E-state index contributed by atoms with van der Waals surface area (Å²) in [5.74, 6) is -2.68. The van der Waals surface area contributed by atoms with Gasteiger partial charge in [-0.1, -0.05) is 6.58 Å². The molecule has 3 amide bonds. The summed E-state index contributed by atoms with van der Waals surface area (Å²) in [7, 11) is 0. The number of anilines is 1. The van der Waals surface area contributed by atoms with Gasteiger partial charge in [0.25, 0.3) is 11.8 Å². The minimum Gasteiger partial charge on any atom is -0.480 e. The quantitative estimate of drug-likeness (QED) is 0.464. The van der Waals surface area contributed by atoms with Crippen molar-refractivity contribution >= 4 is 40.9 Å². The molecule has 2 rings (SSSR count). The molecule has 0 aliphatic rings. The van der Waals surface area contributed by atoms with E-state index in [2.05, 4.69) is 27.5 Å². The lowest BCUT2D eigenvalue weighted by Crippen LogP contribution is -2.42. The lowest BCUT2D eigenvalue weighted by Gasteiger charge is -2.19. The Hall–Kier alpha value is -3.73. The number of nitrogens with one attached hydrogen (secondary N) is 3. The zero-order valence-electron chi connectivity index (χ0n) is 18.0. The van der Waals surface area contributed by atoms with E-state index < -0.39 is 35.5 Å². The van der Waals surface area contributed by atoms with Gasteiger partial charge in [-0.05, 0) is 52.0 Å². The van der Waals surface area contributed by atoms with Crippen LogP contribution in [-0.4, -0.2) is 45.6 Å². The number of nitrogens with zero attached hydrogens (tertiary/aromatic N) is 1. The maximum atomic E-state index is 12.3. The van der Waals surface area contributed by atoms with Crippen LogP contribution in [0.1, 0.15) is 38.2 Å². The van der Waals surface area contributed by atoms with Crippen LogP contribution in [0.4, 0.5) is 10.5 Å². The molecule has 0 bridgehead atoms. The van der Waals surface area contributed by atoms with Crippen LogP contribution in [-0.2, 0) is 14.3 Å². The van der Waals surface area contributed by atoms with Gasteiger partial charge in [-0.25, -0.2) is 9.78 Å². The third-order valence-corrected chi connectivity index (χ3v) is 4.66. The van der Waals surface area contributed by atoms with Crippen molar-refractivity contribution < 1.29 is 29.0 Å². The first-order chi connectivity index (χ1) is 14.9. The molecule has 0 spiro atoms. The fraction of sp³-hybridized carbons (Fsp3) is 0.286. The molecule has 0 fully saturated rings. The average Bonchev–Trinajstić information content (AvgIpc) is 3.17. The molecule has 1 heterocycles. The highest BCUT2D eigenvalue weighted by Gasteiger charge is 2.20. The van der Waals surface area contributed by atoms with Gasteiger partial charge < -0.3 is 20.5 Å². The number of aliphatic carboxylic acids is 1. The van der Waals surface area contributed by atoms with Gasteiger partial charge in [0.1, 0.15) is 22.3 Å². The highest BCUT2D eigenvalue weighted by molar-refractivity contribution is 7.13. The van der Waals surface area contributed by atoms with Crippen molar-refractivity contribution in [3.8, 4) is 10.6 Å². The summed E-state index contributed by atoms with van der Waals surface area (Å²) >= 11 is 1.22. The van der Waals surface area contributed by atoms with Crippen molar-refractivity contribution in [3.63, 3.8) is 0 Å². The fourth-order valence-electron chi connectivity index (χ4n) is 2.23. The Morgan fingerprint density at radius 1 is 1.16 bits per heavy atom. The number of carbonyl (C=O) groups excluding carboxylic acids is 3. The zero-order chi connectivity index (χ0) is 24.1. The topological polar surface area (TPSA) is 147 Å². The third kappa shape index (κ3) is 7.20. The maximum absolute atomic E-state index is 12.3. The average molecular weight is 461 g/mol. The van der Waals surface area contributed by atoms with Gasteiger partial charge in [-0.15, -0.1) is 11.3 Å². The Balaban J connectivity index is 1.99. The van der Waals surface area contributed by atoms with Gasteiger partial charge in [0.2, 0.25) is 0 Å². The van der Waals surface area contributed by atoms with E-state index in [4.69, 9.17) is 9.84 Å². The van der Waals surface area contributed by atoms with E-state index in [0.717, 1.165) is 5.56 Å². The number of carbonyl (C=O) groups is 4. The number of benzene rings is 1. The van der Waals surface area contributed by atoms with Crippen LogP contribution >= 0.6 is 11.3 Å². The summed E-state index contributed by atoms with van der Waals surface area (Å²) in [5.41, 5.74) is 0.421. The first-order valence-corrected chi connectivity index (χ1v) is 10.3. The maximum Gasteiger partial charge on any atom is 0.412 e. The SMILES string of the molecule is C=C(NC(=O)c1csc(-c2ccc(NC(=O)OC(C)(C)C)cc2)n1)C(=O)N[C@@H](C)C(=O)O. The molecule has 0 saturated heterocycles. The summed E-state index contributed by atoms with van der Waals surface area (Å²) in [4.78, 5) is 51.1. The van der Waals surface area contributed by atoms with Gasteiger partial charge in [-0.3, -0.25) is 19.7 Å². The molecule has 2 aromatic rings. The van der Waals surface area contributed by atoms with Gasteiger partial charge in [0.15, 0.2) is 0 Å². The highest BCUT2D eigenvalue weighted by atomic mass is 32.1. The van der Waals surface area contributed by atoms with Crippen molar-refractivity contribution in [1.82, 2.24) is 15.6 Å². The Morgan fingerprint density at radius 3 is 2.34 bits per heavy atom. The van der Waals surface area contributed by atoms with E-state index >= 15 is 0 Å². The molecule has 0 saturated carbocycles. The summed E-state index contributed by atoms with van der Waals surface area (Å²) in [5, 5.41) is 18.0. The van der Waals surface area contributed by atoms with Crippen molar-refractivity contribution in [2.45, 2.75) is 39.3 Å². The van der Waals surface area contributed by atoms with Crippen LogP contribution in [0.5, 0.6) is 0 Å². The normalized spacial score (nSPS) is 11.8. The molecule has 0 aliphatic carbocycles. The number of carboxylic acid groups (broad SMARTS) is 1. The second-order valence-electron chi connectivity index (χ2n) is 7.71. The fourth-order valence-corrected chi connectivity index (χ4v) is 3.04. The number of carboxylic acids is 1. The van der Waals surface area contributed by atoms with Crippen LogP contribution in [0.3, 0.4) is 0 Å². The number of rotatable bonds is 7. The first kappa shape index (κ1) is 24.5. The second-order valence-corrected chi connectivity index (χ2v) is 8.57. The number of hydrogen-bond donors (Lipinski definition) is 4. The van der Waals surface area contributed by atoms with Gasteiger partial charge in [0, 0.05) is 16.6 Å². The van der Waals surface area contributed by atoms with Crippen molar-refractivity contribution in [2.24, 2.45) is 0 Å². The van der Waals surface area contributed by atoms with Crippen LogP contribution in [0, 0.1) is 0 Å². The van der Waals surface area contributed by atoms with Crippen LogP contribution in [0.2, 0.25) is 0 Å². The van der Waals surface area contributed by atoms with Crippen LogP contribution in [0.25, 0.3) is 10.6 Å². The Bertz CT molecular complexity index is 1040. The number of ether oxygens (including phenoxy) is 1. The molecule has 1 aromatic carbocycles. The number of hydrogen-bond acceptors (Lipinski definition) is 7. The summed E-state index contributed by atoms with van der Waals surface area (Å²) in [6.07, 6.45) is -0.569. The minimum atomic E-state index is -1.21. The van der Waals surface area contributed by atoms with Crippen molar-refractivity contribution in [3.05, 3.63) is 47.6 Å². The highest BCUT2D eigenvalue weighted by Crippen LogP contribution is 2.25. The van der Waals surface area contributed by atoms with Crippen LogP contribution < -0.4 is 16.0 Å². The van der Waals surface area contributed by atoms with E-state index in [9.17, 15) is 19.2 Å². The van der Waals surface area contributed by atoms with E-state index in [1.54, 1.807) is 45.0 Å². The van der Waals surface area contributed by atoms with Crippen molar-refractivity contribution in [2.75, 3.05) is 5.32 Å². The Kier molecular flexibility index (Phi) is 7.71. The van der Waals surface area contributed by atoms with Crippen molar-refractivity contribution in [1.29, 1.82) is 0 Å². The molecule has 11 heteroatoms. The molecular weight excluding hydrogens is 436 g/mol. The predicted octanol–water partition coefficient (Wildman–Crippen LogP) is 2.99. The van der Waals surface area contributed by atoms with E-state index in [-0.39, 0.29) is 11.4 Å². The number of amides is 3. The second kappa shape index (κ2) is 10.1. The van der Waals surface area contributed by atoms with E-state index in [0.29, 0.717) is 10.7 Å². The molecule has 0 aliphatic heterocycles. The standard InChI is InChI=1S/C21H24N4O6S/c1-11(16(26)23-12(2)19(28)29)22-17(27)15-10-32-18(25-15)13-6-8-14(9-7-13)24-20(30)31-21(3,4)5/h6-10,12H,1H2,2-5H3,(H,22,27)(H,23,26)(H,24,30)(H,28,29)/t12-/m0/s1. The van der Waals surface area contributed by atoms with E-state index in [1.807, 2.05) is 0 Å². The molecule has 1 aromatic heterocycles. The molecule has 0 radical (unpaired) electrons. The Morgan fingerprint density at radius 2 is 1.78 bits per heavy atom. The number of thiazole rings is 1. The molecule has 0 unspecified atom stereocenters. The molecule has 1 atom stereocenters. The molecule has 10 nitrogen and oxygen atoms in total. The predicted molar refractivity (Wildman–Crippen MR) is 119 cm³/mol. The zero-order valence-corrected chi connectivity index (χ0v) is 18.8. The first-order valence-electron chi connectivity index (χ1n) is 9.45. The van der Waals surface area contributed by atoms with Gasteiger partial charge in [-0.2, -0.15) is 0 Å². The smallest absolute Gasteiger partial charge is 0.412 e. The third-order valence-electron chi connectivity index (χ3n) is 3.77. The van der Waals surface area contributed by atoms with Gasteiger partial charge in [0.05, 0.1) is 5.70 Å². The molecule has 4 N–H and O–H groups in total. The van der Waals surface area contributed by atoms with E-state index in [1.165, 1.54) is 23.6 Å². The summed E-state index contributed by atoms with van der Waals surface area (Å²) in [6.45, 7) is 10.0. The monoisotopic (exact) mass is 460 g/mol. The number of aromatic nitrogens is 1. The largest absolute Gasteiger partial charge is 0.480 e. The molecule has 170 valence electrons. The summed E-state index contributed by atoms with van der Waals surface area (Å²) < 4.78 is 5.20. The summed E-state index contributed by atoms with van der Waals surface area (Å²) in [6, 6.07) is 5.68. The Labute approximate surface area is 188 Å². The van der Waals surface area contributed by atoms with Gasteiger partial charge >= 0.3 is 12.1 Å². The molecule has 32 heavy (non-hydrogen) atoms. The molecular formula is C21H24N4O6S. The lowest BCUT2D eigenvalue weighted by atomic mass is 10.2.